The van der Waals surface area contributed by atoms with Crippen LogP contribution in [0, 0.1) is 19.7 Å². The van der Waals surface area contributed by atoms with Gasteiger partial charge in [-0.1, -0.05) is 0 Å². The first-order valence-corrected chi connectivity index (χ1v) is 13.4. The van der Waals surface area contributed by atoms with Gasteiger partial charge in [0, 0.05) is 22.8 Å². The van der Waals surface area contributed by atoms with E-state index in [9.17, 15) is 14.0 Å². The molecular formula is C33H29FN4O5. The Kier molecular flexibility index (Phi) is 8.96. The normalized spacial score (nSPS) is 11.0. The maximum absolute atomic E-state index is 13.0. The summed E-state index contributed by atoms with van der Waals surface area (Å²) in [4.78, 5) is 24.5. The standard InChI is InChI=1S/C33H29FN4O5/c1-22-3-4-23(2)38(22)27-11-15-29(16-12-27)41-20-30-17-18-31(43-30)33(40)37-35-19-24-5-13-28(14-6-24)42-21-32(39)36-26-9-7-25(34)8-10-26/h3-19H,20-21H2,1-2H3,(H,36,39)(H,37,40)/b35-19+. The maximum atomic E-state index is 13.0. The third-order valence-electron chi connectivity index (χ3n) is 6.39. The van der Waals surface area contributed by atoms with Gasteiger partial charge in [0.25, 0.3) is 5.91 Å². The molecule has 0 saturated heterocycles. The molecule has 0 bridgehead atoms. The Morgan fingerprint density at radius 1 is 0.837 bits per heavy atom. The van der Waals surface area contributed by atoms with E-state index in [0.717, 1.165) is 17.1 Å². The molecule has 10 heteroatoms. The van der Waals surface area contributed by atoms with Gasteiger partial charge in [0.2, 0.25) is 0 Å². The fourth-order valence-corrected chi connectivity index (χ4v) is 4.25. The fraction of sp³-hybridized carbons (Fsp3) is 0.121. The van der Waals surface area contributed by atoms with Crippen LogP contribution in [-0.4, -0.2) is 29.2 Å². The van der Waals surface area contributed by atoms with Crippen molar-refractivity contribution in [3.05, 3.63) is 131 Å². The highest BCUT2D eigenvalue weighted by Gasteiger charge is 2.11. The Balaban J connectivity index is 1.05. The fourth-order valence-electron chi connectivity index (χ4n) is 4.25. The molecule has 2 heterocycles. The van der Waals surface area contributed by atoms with Crippen LogP contribution in [0.25, 0.3) is 5.69 Å². The number of ether oxygens (including phenoxy) is 2. The lowest BCUT2D eigenvalue weighted by Gasteiger charge is -2.10. The van der Waals surface area contributed by atoms with Gasteiger partial charge >= 0.3 is 5.91 Å². The lowest BCUT2D eigenvalue weighted by molar-refractivity contribution is -0.118. The minimum atomic E-state index is -0.503. The summed E-state index contributed by atoms with van der Waals surface area (Å²) < 4.78 is 32.0. The number of carbonyl (C=O) groups is 2. The highest BCUT2D eigenvalue weighted by Crippen LogP contribution is 2.21. The predicted octanol–water partition coefficient (Wildman–Crippen LogP) is 6.19. The number of hydrogen-bond acceptors (Lipinski definition) is 6. The van der Waals surface area contributed by atoms with Crippen molar-refractivity contribution in [2.24, 2.45) is 5.10 Å². The smallest absolute Gasteiger partial charge is 0.307 e. The Hall–Kier alpha value is -5.64. The van der Waals surface area contributed by atoms with E-state index in [1.54, 1.807) is 36.4 Å². The van der Waals surface area contributed by atoms with Crippen molar-refractivity contribution in [1.29, 1.82) is 0 Å². The third-order valence-corrected chi connectivity index (χ3v) is 6.39. The van der Waals surface area contributed by atoms with Crippen LogP contribution < -0.4 is 20.2 Å². The average Bonchev–Trinajstić information content (AvgIpc) is 3.63. The van der Waals surface area contributed by atoms with Crippen molar-refractivity contribution < 1.29 is 27.9 Å². The van der Waals surface area contributed by atoms with Gasteiger partial charge in [-0.15, -0.1) is 0 Å². The number of halogens is 1. The second-order valence-corrected chi connectivity index (χ2v) is 9.61. The SMILES string of the molecule is Cc1ccc(C)n1-c1ccc(OCc2ccc(C(=O)N/N=C/c3ccc(OCC(=O)Nc4ccc(F)cc4)cc3)o2)cc1. The molecule has 5 aromatic rings. The number of anilines is 1. The number of aryl methyl sites for hydroxylation is 2. The molecule has 2 aromatic heterocycles. The van der Waals surface area contributed by atoms with E-state index < -0.39 is 5.91 Å². The molecule has 0 atom stereocenters. The highest BCUT2D eigenvalue weighted by atomic mass is 19.1. The molecule has 0 saturated carbocycles. The molecule has 2 N–H and O–H groups in total. The zero-order chi connectivity index (χ0) is 30.2. The number of hydrazone groups is 1. The number of rotatable bonds is 11. The number of aromatic nitrogens is 1. The summed E-state index contributed by atoms with van der Waals surface area (Å²) in [5, 5.41) is 6.59. The van der Waals surface area contributed by atoms with E-state index in [0.29, 0.717) is 28.5 Å². The van der Waals surface area contributed by atoms with E-state index >= 15 is 0 Å². The van der Waals surface area contributed by atoms with Crippen molar-refractivity contribution in [3.63, 3.8) is 0 Å². The summed E-state index contributed by atoms with van der Waals surface area (Å²) in [5.41, 5.74) is 6.97. The summed E-state index contributed by atoms with van der Waals surface area (Å²) in [5.74, 6) is 0.497. The molecule has 2 amide bonds. The van der Waals surface area contributed by atoms with Crippen LogP contribution in [0.5, 0.6) is 11.5 Å². The van der Waals surface area contributed by atoms with Gasteiger partial charge in [0.15, 0.2) is 12.4 Å². The molecule has 43 heavy (non-hydrogen) atoms. The number of hydrogen-bond donors (Lipinski definition) is 2. The Bertz CT molecular complexity index is 1700. The highest BCUT2D eigenvalue weighted by molar-refractivity contribution is 5.92. The molecule has 0 fully saturated rings. The largest absolute Gasteiger partial charge is 0.486 e. The lowest BCUT2D eigenvalue weighted by Crippen LogP contribution is -2.20. The van der Waals surface area contributed by atoms with Crippen LogP contribution in [0.4, 0.5) is 10.1 Å². The topological polar surface area (TPSA) is 107 Å². The molecular weight excluding hydrogens is 551 g/mol. The van der Waals surface area contributed by atoms with E-state index in [-0.39, 0.29) is 30.7 Å². The third kappa shape index (κ3) is 7.76. The quantitative estimate of drug-likeness (QED) is 0.143. The number of amides is 2. The van der Waals surface area contributed by atoms with Crippen molar-refractivity contribution in [2.75, 3.05) is 11.9 Å². The monoisotopic (exact) mass is 580 g/mol. The van der Waals surface area contributed by atoms with Crippen molar-refractivity contribution in [3.8, 4) is 17.2 Å². The van der Waals surface area contributed by atoms with E-state index in [4.69, 9.17) is 13.9 Å². The molecule has 0 unspecified atom stereocenters. The van der Waals surface area contributed by atoms with E-state index in [1.165, 1.54) is 30.5 Å². The average molecular weight is 581 g/mol. The second kappa shape index (κ2) is 13.3. The zero-order valence-electron chi connectivity index (χ0n) is 23.5. The molecule has 0 aliphatic carbocycles. The predicted molar refractivity (Wildman–Crippen MR) is 160 cm³/mol. The molecule has 9 nitrogen and oxygen atoms in total. The van der Waals surface area contributed by atoms with Gasteiger partial charge in [0.05, 0.1) is 6.21 Å². The van der Waals surface area contributed by atoms with Crippen LogP contribution in [0.1, 0.15) is 33.3 Å². The Morgan fingerprint density at radius 2 is 1.49 bits per heavy atom. The van der Waals surface area contributed by atoms with Crippen LogP contribution in [-0.2, 0) is 11.4 Å². The summed E-state index contributed by atoms with van der Waals surface area (Å²) in [6.07, 6.45) is 1.47. The molecule has 5 rings (SSSR count). The number of benzene rings is 3. The van der Waals surface area contributed by atoms with Gasteiger partial charge in [-0.05, 0) is 116 Å². The lowest BCUT2D eigenvalue weighted by atomic mass is 10.2. The van der Waals surface area contributed by atoms with Gasteiger partial charge < -0.3 is 23.8 Å². The summed E-state index contributed by atoms with van der Waals surface area (Å²) in [6.45, 7) is 4.08. The van der Waals surface area contributed by atoms with Gasteiger partial charge in [-0.2, -0.15) is 5.10 Å². The van der Waals surface area contributed by atoms with Gasteiger partial charge in [-0.3, -0.25) is 9.59 Å². The molecule has 3 aromatic carbocycles. The molecule has 0 aliphatic rings. The number of carbonyl (C=O) groups excluding carboxylic acids is 2. The maximum Gasteiger partial charge on any atom is 0.307 e. The molecule has 0 radical (unpaired) electrons. The van der Waals surface area contributed by atoms with Crippen molar-refractivity contribution in [1.82, 2.24) is 9.99 Å². The second-order valence-electron chi connectivity index (χ2n) is 9.61. The number of nitrogens with zero attached hydrogens (tertiary/aromatic N) is 2. The van der Waals surface area contributed by atoms with Crippen LogP contribution >= 0.6 is 0 Å². The van der Waals surface area contributed by atoms with Crippen LogP contribution in [0.2, 0.25) is 0 Å². The van der Waals surface area contributed by atoms with E-state index in [2.05, 4.69) is 46.4 Å². The molecule has 0 spiro atoms. The first kappa shape index (κ1) is 28.9. The summed E-state index contributed by atoms with van der Waals surface area (Å²) in [7, 11) is 0. The van der Waals surface area contributed by atoms with Gasteiger partial charge in [0.1, 0.15) is 29.7 Å². The van der Waals surface area contributed by atoms with Gasteiger partial charge in [-0.25, -0.2) is 9.82 Å². The summed E-state index contributed by atoms with van der Waals surface area (Å²) in [6, 6.07) is 27.4. The Labute approximate surface area is 247 Å². The number of nitrogens with one attached hydrogen (secondary N) is 2. The summed E-state index contributed by atoms with van der Waals surface area (Å²) >= 11 is 0. The van der Waals surface area contributed by atoms with Crippen LogP contribution in [0.15, 0.2) is 107 Å². The minimum absolute atomic E-state index is 0.104. The van der Waals surface area contributed by atoms with Crippen molar-refractivity contribution >= 4 is 23.7 Å². The van der Waals surface area contributed by atoms with Crippen molar-refractivity contribution in [2.45, 2.75) is 20.5 Å². The first-order valence-electron chi connectivity index (χ1n) is 13.4. The van der Waals surface area contributed by atoms with Crippen LogP contribution in [0.3, 0.4) is 0 Å². The minimum Gasteiger partial charge on any atom is -0.486 e. The Morgan fingerprint density at radius 3 is 2.19 bits per heavy atom. The number of furan rings is 1. The molecule has 218 valence electrons. The first-order chi connectivity index (χ1) is 20.8. The zero-order valence-corrected chi connectivity index (χ0v) is 23.5. The van der Waals surface area contributed by atoms with E-state index in [1.807, 2.05) is 24.3 Å². The molecule has 0 aliphatic heterocycles.